The molecule has 2 saturated carbocycles. The maximum atomic E-state index is 11.7. The standard InChI is InChI=1S/C12H23NO2S/c1-3-4-5-8-12(10-6-7-10)9-11(12,2)16(13,14)15/h10H,3-9H2,1-2H3,(H2,13,14,15). The number of unbranched alkanes of at least 4 members (excludes halogenated alkanes) is 2. The highest BCUT2D eigenvalue weighted by atomic mass is 32.2. The van der Waals surface area contributed by atoms with E-state index in [-0.39, 0.29) is 5.41 Å². The van der Waals surface area contributed by atoms with Gasteiger partial charge in [0.05, 0.1) is 4.75 Å². The molecule has 16 heavy (non-hydrogen) atoms. The first-order valence-electron chi connectivity index (χ1n) is 6.40. The fourth-order valence-corrected chi connectivity index (χ4v) is 4.70. The van der Waals surface area contributed by atoms with Gasteiger partial charge in [-0.3, -0.25) is 0 Å². The lowest BCUT2D eigenvalue weighted by Gasteiger charge is -2.21. The topological polar surface area (TPSA) is 60.2 Å². The summed E-state index contributed by atoms with van der Waals surface area (Å²) in [4.78, 5) is 0. The predicted molar refractivity (Wildman–Crippen MR) is 65.4 cm³/mol. The van der Waals surface area contributed by atoms with E-state index < -0.39 is 14.8 Å². The summed E-state index contributed by atoms with van der Waals surface area (Å²) in [6, 6.07) is 0. The molecule has 0 aromatic carbocycles. The summed E-state index contributed by atoms with van der Waals surface area (Å²) in [5.41, 5.74) is 0.0375. The maximum Gasteiger partial charge on any atom is 0.215 e. The molecule has 4 heteroatoms. The molecule has 2 N–H and O–H groups in total. The lowest BCUT2D eigenvalue weighted by molar-refractivity contribution is 0.359. The first-order chi connectivity index (χ1) is 7.37. The predicted octanol–water partition coefficient (Wildman–Crippen LogP) is 2.41. The van der Waals surface area contributed by atoms with Gasteiger partial charge in [-0.15, -0.1) is 0 Å². The van der Waals surface area contributed by atoms with E-state index in [0.29, 0.717) is 5.92 Å². The summed E-state index contributed by atoms with van der Waals surface area (Å²) in [7, 11) is -3.38. The highest BCUT2D eigenvalue weighted by Crippen LogP contribution is 2.72. The molecule has 2 unspecified atom stereocenters. The van der Waals surface area contributed by atoms with Crippen molar-refractivity contribution in [3.8, 4) is 0 Å². The molecule has 3 nitrogen and oxygen atoms in total. The zero-order valence-corrected chi connectivity index (χ0v) is 11.1. The fourth-order valence-electron chi connectivity index (χ4n) is 3.40. The molecular weight excluding hydrogens is 222 g/mol. The van der Waals surface area contributed by atoms with E-state index >= 15 is 0 Å². The van der Waals surface area contributed by atoms with Crippen LogP contribution in [0.15, 0.2) is 0 Å². The van der Waals surface area contributed by atoms with Gasteiger partial charge in [0, 0.05) is 0 Å². The largest absolute Gasteiger partial charge is 0.228 e. The van der Waals surface area contributed by atoms with E-state index in [1.165, 1.54) is 25.7 Å². The molecule has 0 saturated heterocycles. The second-order valence-corrected chi connectivity index (χ2v) is 7.83. The molecule has 2 aliphatic rings. The second-order valence-electron chi connectivity index (χ2n) is 5.84. The number of nitrogens with two attached hydrogens (primary N) is 1. The summed E-state index contributed by atoms with van der Waals surface area (Å²) in [6.07, 6.45) is 7.81. The second kappa shape index (κ2) is 3.70. The minimum Gasteiger partial charge on any atom is -0.228 e. The molecule has 0 aromatic heterocycles. The number of sulfonamides is 1. The van der Waals surface area contributed by atoms with Crippen molar-refractivity contribution in [2.75, 3.05) is 0 Å². The van der Waals surface area contributed by atoms with Crippen molar-refractivity contribution in [1.29, 1.82) is 0 Å². The third-order valence-electron chi connectivity index (χ3n) is 4.79. The van der Waals surface area contributed by atoms with Crippen molar-refractivity contribution in [2.24, 2.45) is 16.5 Å². The normalized spacial score (nSPS) is 38.7. The average molecular weight is 245 g/mol. The van der Waals surface area contributed by atoms with E-state index in [9.17, 15) is 8.42 Å². The lowest BCUT2D eigenvalue weighted by atomic mass is 9.90. The molecule has 0 amide bonds. The Labute approximate surface area is 98.8 Å². The van der Waals surface area contributed by atoms with Gasteiger partial charge in [0.1, 0.15) is 0 Å². The molecule has 0 radical (unpaired) electrons. The summed E-state index contributed by atoms with van der Waals surface area (Å²) in [6.45, 7) is 4.03. The SMILES string of the molecule is CCCCCC1(C2CC2)CC1(C)S(N)(=O)=O. The minimum atomic E-state index is -3.38. The number of rotatable bonds is 6. The van der Waals surface area contributed by atoms with E-state index in [4.69, 9.17) is 5.14 Å². The Kier molecular flexibility index (Phi) is 2.86. The average Bonchev–Trinajstić information content (AvgIpc) is 3.00. The van der Waals surface area contributed by atoms with E-state index in [2.05, 4.69) is 6.92 Å². The molecular formula is C12H23NO2S. The number of hydrogen-bond donors (Lipinski definition) is 1. The Hall–Kier alpha value is -0.0900. The van der Waals surface area contributed by atoms with Crippen molar-refractivity contribution in [3.05, 3.63) is 0 Å². The highest BCUT2D eigenvalue weighted by Gasteiger charge is 2.74. The highest BCUT2D eigenvalue weighted by molar-refractivity contribution is 7.90. The van der Waals surface area contributed by atoms with Crippen LogP contribution in [0.4, 0.5) is 0 Å². The summed E-state index contributed by atoms with van der Waals surface area (Å²) in [5, 5.41) is 5.39. The van der Waals surface area contributed by atoms with Crippen LogP contribution < -0.4 is 5.14 Å². The summed E-state index contributed by atoms with van der Waals surface area (Å²) >= 11 is 0. The zero-order valence-electron chi connectivity index (χ0n) is 10.3. The monoisotopic (exact) mass is 245 g/mol. The quantitative estimate of drug-likeness (QED) is 0.730. The fraction of sp³-hybridized carbons (Fsp3) is 1.00. The number of hydrogen-bond acceptors (Lipinski definition) is 2. The first kappa shape index (κ1) is 12.4. The van der Waals surface area contributed by atoms with Gasteiger partial charge in [0.25, 0.3) is 0 Å². The van der Waals surface area contributed by atoms with Gasteiger partial charge in [0.15, 0.2) is 0 Å². The van der Waals surface area contributed by atoms with Gasteiger partial charge in [-0.05, 0) is 43.9 Å². The van der Waals surface area contributed by atoms with Crippen LogP contribution in [-0.2, 0) is 10.0 Å². The maximum absolute atomic E-state index is 11.7. The Balaban J connectivity index is 2.09. The van der Waals surface area contributed by atoms with Crippen LogP contribution in [0.3, 0.4) is 0 Å². The van der Waals surface area contributed by atoms with Crippen LogP contribution >= 0.6 is 0 Å². The Morgan fingerprint density at radius 2 is 1.94 bits per heavy atom. The lowest BCUT2D eigenvalue weighted by Crippen LogP contribution is -2.34. The molecule has 2 aliphatic carbocycles. The molecule has 0 heterocycles. The van der Waals surface area contributed by atoms with Crippen molar-refractivity contribution in [2.45, 2.75) is 63.5 Å². The van der Waals surface area contributed by atoms with Crippen LogP contribution in [0.1, 0.15) is 58.8 Å². The third kappa shape index (κ3) is 1.70. The van der Waals surface area contributed by atoms with Crippen LogP contribution in [0.25, 0.3) is 0 Å². The van der Waals surface area contributed by atoms with Crippen LogP contribution in [0.5, 0.6) is 0 Å². The molecule has 0 spiro atoms. The first-order valence-corrected chi connectivity index (χ1v) is 7.94. The summed E-state index contributed by atoms with van der Waals surface area (Å²) in [5.74, 6) is 0.632. The van der Waals surface area contributed by atoms with Crippen LogP contribution in [0.2, 0.25) is 0 Å². The van der Waals surface area contributed by atoms with E-state index in [1.54, 1.807) is 0 Å². The third-order valence-corrected chi connectivity index (χ3v) is 6.60. The minimum absolute atomic E-state index is 0.0375. The van der Waals surface area contributed by atoms with Gasteiger partial charge < -0.3 is 0 Å². The van der Waals surface area contributed by atoms with Crippen LogP contribution in [-0.4, -0.2) is 13.2 Å². The number of primary sulfonamides is 1. The van der Waals surface area contributed by atoms with Gasteiger partial charge in [-0.25, -0.2) is 13.6 Å². The molecule has 0 aliphatic heterocycles. The van der Waals surface area contributed by atoms with Gasteiger partial charge >= 0.3 is 0 Å². The Morgan fingerprint density at radius 1 is 1.31 bits per heavy atom. The van der Waals surface area contributed by atoms with Crippen molar-refractivity contribution in [1.82, 2.24) is 0 Å². The van der Waals surface area contributed by atoms with E-state index in [0.717, 1.165) is 19.3 Å². The molecule has 2 rings (SSSR count). The van der Waals surface area contributed by atoms with E-state index in [1.807, 2.05) is 6.92 Å². The molecule has 2 atom stereocenters. The zero-order chi connectivity index (χ0) is 12.0. The summed E-state index contributed by atoms with van der Waals surface area (Å²) < 4.78 is 22.7. The van der Waals surface area contributed by atoms with Gasteiger partial charge in [0.2, 0.25) is 10.0 Å². The molecule has 94 valence electrons. The smallest absolute Gasteiger partial charge is 0.215 e. The van der Waals surface area contributed by atoms with Crippen LogP contribution in [0, 0.1) is 11.3 Å². The Morgan fingerprint density at radius 3 is 2.31 bits per heavy atom. The van der Waals surface area contributed by atoms with Crippen molar-refractivity contribution >= 4 is 10.0 Å². The van der Waals surface area contributed by atoms with Crippen molar-refractivity contribution in [3.63, 3.8) is 0 Å². The van der Waals surface area contributed by atoms with Gasteiger partial charge in [-0.1, -0.05) is 26.2 Å². The molecule has 2 fully saturated rings. The Bertz CT molecular complexity index is 374. The van der Waals surface area contributed by atoms with Crippen molar-refractivity contribution < 1.29 is 8.42 Å². The molecule has 0 bridgehead atoms. The van der Waals surface area contributed by atoms with Gasteiger partial charge in [-0.2, -0.15) is 0 Å². The molecule has 0 aromatic rings.